The molecule has 6 heteroatoms. The molecule has 0 aliphatic carbocycles. The zero-order valence-corrected chi connectivity index (χ0v) is 6.71. The lowest BCUT2D eigenvalue weighted by Crippen LogP contribution is -3.15. The quantitative estimate of drug-likeness (QED) is 0.357. The second-order valence-corrected chi connectivity index (χ2v) is 1.95. The molecule has 1 N–H and O–H groups in total. The van der Waals surface area contributed by atoms with Gasteiger partial charge in [0.2, 0.25) is 6.73 Å². The van der Waals surface area contributed by atoms with Crippen LogP contribution < -0.4 is 17.3 Å². The van der Waals surface area contributed by atoms with Crippen molar-refractivity contribution in [3.63, 3.8) is 0 Å². The maximum Gasteiger partial charge on any atom is 0.347 e. The molecule has 1 rings (SSSR count). The van der Waals surface area contributed by atoms with E-state index in [4.69, 9.17) is 0 Å². The minimum Gasteiger partial charge on any atom is -1.00 e. The number of halogens is 1. The third kappa shape index (κ3) is 2.14. The molecule has 1 heterocycles. The highest BCUT2D eigenvalue weighted by molar-refractivity contribution is 6.01. The molecule has 0 aromatic carbocycles. The fraction of sp³-hybridized carbons (Fsp3) is 0.167. The van der Waals surface area contributed by atoms with Crippen LogP contribution in [0.15, 0.2) is 12.2 Å². The number of amides is 2. The van der Waals surface area contributed by atoms with Crippen molar-refractivity contribution in [2.45, 2.75) is 0 Å². The fourth-order valence-corrected chi connectivity index (χ4v) is 0.734. The number of carbonyl (C=O) groups excluding carboxylic acids is 3. The van der Waals surface area contributed by atoms with E-state index in [0.29, 0.717) is 0 Å². The van der Waals surface area contributed by atoms with Crippen LogP contribution in [0, 0.1) is 0 Å². The van der Waals surface area contributed by atoms with Crippen molar-refractivity contribution in [1.82, 2.24) is 0 Å². The molecular weight excluding hydrogens is 186 g/mol. The summed E-state index contributed by atoms with van der Waals surface area (Å²) >= 11 is 0. The standard InChI is InChI=1S/C6H5NO4.ClH/c8-4-11-3-7-5(9)1-2-6(7)10;/h1-2,4H,3H2;1H. The summed E-state index contributed by atoms with van der Waals surface area (Å²) in [6.45, 7) is -0.0277. The number of rotatable bonds is 3. The normalized spacial score (nSPS) is 16.0. The van der Waals surface area contributed by atoms with Crippen LogP contribution in [-0.2, 0) is 19.1 Å². The summed E-state index contributed by atoms with van der Waals surface area (Å²) in [6, 6.07) is 0. The second kappa shape index (κ2) is 4.63. The average Bonchev–Trinajstić information content (AvgIpc) is 2.29. The van der Waals surface area contributed by atoms with Gasteiger partial charge in [-0.1, -0.05) is 0 Å². The Balaban J connectivity index is 0.00000121. The number of nitrogens with one attached hydrogen (secondary N) is 1. The highest BCUT2D eigenvalue weighted by Gasteiger charge is 2.30. The van der Waals surface area contributed by atoms with E-state index in [1.807, 2.05) is 0 Å². The van der Waals surface area contributed by atoms with Gasteiger partial charge >= 0.3 is 11.8 Å². The molecule has 0 aromatic heterocycles. The van der Waals surface area contributed by atoms with Crippen molar-refractivity contribution >= 4 is 18.3 Å². The van der Waals surface area contributed by atoms with Crippen LogP contribution in [0.5, 0.6) is 0 Å². The van der Waals surface area contributed by atoms with Gasteiger partial charge in [0.25, 0.3) is 6.47 Å². The maximum atomic E-state index is 10.7. The van der Waals surface area contributed by atoms with Crippen LogP contribution >= 0.6 is 0 Å². The van der Waals surface area contributed by atoms with Gasteiger partial charge in [-0.05, 0) is 0 Å². The topological polar surface area (TPSA) is 64.9 Å². The number of quaternary nitrogens is 1. The van der Waals surface area contributed by atoms with Crippen molar-refractivity contribution in [2.24, 2.45) is 0 Å². The van der Waals surface area contributed by atoms with Crippen molar-refractivity contribution in [3.8, 4) is 0 Å². The Hall–Kier alpha value is -1.20. The van der Waals surface area contributed by atoms with E-state index in [1.165, 1.54) is 0 Å². The van der Waals surface area contributed by atoms with Gasteiger partial charge in [-0.2, -0.15) is 4.90 Å². The van der Waals surface area contributed by atoms with Crippen LogP contribution in [0.4, 0.5) is 0 Å². The van der Waals surface area contributed by atoms with Gasteiger partial charge in [-0.3, -0.25) is 4.79 Å². The van der Waals surface area contributed by atoms with Crippen molar-refractivity contribution in [2.75, 3.05) is 6.73 Å². The van der Waals surface area contributed by atoms with E-state index in [9.17, 15) is 14.4 Å². The Morgan fingerprint density at radius 2 is 1.83 bits per heavy atom. The molecular formula is C6H6ClNO4. The Labute approximate surface area is 74.4 Å². The number of imide groups is 1. The Morgan fingerprint density at radius 3 is 2.25 bits per heavy atom. The third-order valence-electron chi connectivity index (χ3n) is 1.28. The number of hydrogen-bond acceptors (Lipinski definition) is 4. The summed E-state index contributed by atoms with van der Waals surface area (Å²) in [4.78, 5) is 31.2. The minimum atomic E-state index is -0.378. The Kier molecular flexibility index (Phi) is 4.17. The zero-order chi connectivity index (χ0) is 8.27. The first-order chi connectivity index (χ1) is 5.25. The second-order valence-electron chi connectivity index (χ2n) is 1.95. The van der Waals surface area contributed by atoms with Crippen LogP contribution in [0.25, 0.3) is 0 Å². The molecule has 66 valence electrons. The Morgan fingerprint density at radius 1 is 1.33 bits per heavy atom. The molecule has 0 saturated heterocycles. The predicted octanol–water partition coefficient (Wildman–Crippen LogP) is -5.37. The molecule has 12 heavy (non-hydrogen) atoms. The van der Waals surface area contributed by atoms with E-state index in [0.717, 1.165) is 12.2 Å². The van der Waals surface area contributed by atoms with Gasteiger partial charge in [0.1, 0.15) is 0 Å². The smallest absolute Gasteiger partial charge is 0.347 e. The lowest BCUT2D eigenvalue weighted by Gasteiger charge is -2.03. The van der Waals surface area contributed by atoms with Gasteiger partial charge in [0.05, 0.1) is 12.2 Å². The number of hydrogen-bond donors (Lipinski definition) is 1. The summed E-state index contributed by atoms with van der Waals surface area (Å²) in [6.07, 6.45) is 2.32. The lowest BCUT2D eigenvalue weighted by molar-refractivity contribution is -0.753. The molecule has 0 fully saturated rings. The highest BCUT2D eigenvalue weighted by Crippen LogP contribution is 1.78. The highest BCUT2D eigenvalue weighted by atomic mass is 35.5. The van der Waals surface area contributed by atoms with Crippen molar-refractivity contribution in [3.05, 3.63) is 12.2 Å². The van der Waals surface area contributed by atoms with E-state index < -0.39 is 0 Å². The van der Waals surface area contributed by atoms with E-state index in [-0.39, 0.29) is 42.3 Å². The summed E-state index contributed by atoms with van der Waals surface area (Å²) in [5.74, 6) is -0.756. The fourth-order valence-electron chi connectivity index (χ4n) is 0.734. The van der Waals surface area contributed by atoms with Gasteiger partial charge < -0.3 is 17.1 Å². The molecule has 0 atom stereocenters. The van der Waals surface area contributed by atoms with E-state index in [1.54, 1.807) is 0 Å². The molecule has 0 saturated carbocycles. The first-order valence-electron chi connectivity index (χ1n) is 2.93. The molecule has 0 bridgehead atoms. The van der Waals surface area contributed by atoms with Crippen LogP contribution in [0.2, 0.25) is 0 Å². The predicted molar refractivity (Wildman–Crippen MR) is 32.1 cm³/mol. The summed E-state index contributed by atoms with van der Waals surface area (Å²) in [5.41, 5.74) is 0. The van der Waals surface area contributed by atoms with Gasteiger partial charge in [-0.15, -0.1) is 0 Å². The molecule has 0 unspecified atom stereocenters. The van der Waals surface area contributed by atoms with Crippen LogP contribution in [0.1, 0.15) is 0 Å². The molecule has 1 aliphatic heterocycles. The monoisotopic (exact) mass is 191 g/mol. The number of carbonyl (C=O) groups is 3. The zero-order valence-electron chi connectivity index (χ0n) is 5.95. The molecule has 0 aromatic rings. The average molecular weight is 192 g/mol. The first kappa shape index (κ1) is 10.8. The largest absolute Gasteiger partial charge is 1.00 e. The SMILES string of the molecule is O=COC[NH+]1C(=O)C=CC1=O.[Cl-]. The summed E-state index contributed by atoms with van der Waals surface area (Å²) in [7, 11) is 0. The molecule has 0 spiro atoms. The lowest BCUT2D eigenvalue weighted by atomic mass is 10.6. The van der Waals surface area contributed by atoms with Crippen LogP contribution in [-0.4, -0.2) is 25.0 Å². The first-order valence-corrected chi connectivity index (χ1v) is 2.93. The van der Waals surface area contributed by atoms with E-state index >= 15 is 0 Å². The third-order valence-corrected chi connectivity index (χ3v) is 1.28. The summed E-state index contributed by atoms with van der Waals surface area (Å²) < 4.78 is 4.26. The summed E-state index contributed by atoms with van der Waals surface area (Å²) in [5, 5.41) is 0. The van der Waals surface area contributed by atoms with Crippen molar-refractivity contribution < 1.29 is 36.4 Å². The maximum absolute atomic E-state index is 10.7. The van der Waals surface area contributed by atoms with E-state index in [2.05, 4.69) is 4.74 Å². The molecule has 1 aliphatic rings. The Bertz CT molecular complexity index is 220. The van der Waals surface area contributed by atoms with Gasteiger partial charge in [0, 0.05) is 0 Å². The van der Waals surface area contributed by atoms with Gasteiger partial charge in [0.15, 0.2) is 0 Å². The minimum absolute atomic E-state index is 0. The molecule has 5 nitrogen and oxygen atoms in total. The van der Waals surface area contributed by atoms with Crippen molar-refractivity contribution in [1.29, 1.82) is 0 Å². The molecule has 2 amide bonds. The molecule has 0 radical (unpaired) electrons. The van der Waals surface area contributed by atoms with Gasteiger partial charge in [-0.25, -0.2) is 9.59 Å². The number of ether oxygens (including phenoxy) is 1. The van der Waals surface area contributed by atoms with Crippen LogP contribution in [0.3, 0.4) is 0 Å².